The zero-order chi connectivity index (χ0) is 4.99. The lowest BCUT2D eigenvalue weighted by atomic mass is 10.5. The first-order chi connectivity index (χ1) is 2.81. The van der Waals surface area contributed by atoms with Gasteiger partial charge in [-0.1, -0.05) is 6.08 Å². The molecule has 0 saturated heterocycles. The van der Waals surface area contributed by atoms with Crippen LogP contribution >= 0.6 is 0 Å². The monoisotopic (exact) mass is 86.1 g/mol. The normalized spacial score (nSPS) is 11.5. The highest BCUT2D eigenvalue weighted by molar-refractivity contribution is 4.89. The summed E-state index contributed by atoms with van der Waals surface area (Å²) in [7, 11) is 0. The molecule has 0 aromatic carbocycles. The van der Waals surface area contributed by atoms with Crippen molar-refractivity contribution in [3.63, 3.8) is 0 Å². The quantitative estimate of drug-likeness (QED) is 0.357. The molecule has 2 heteroatoms. The molecular weight excluding hydrogens is 76.1 g/mol. The van der Waals surface area contributed by atoms with Gasteiger partial charge >= 0.3 is 0 Å². The van der Waals surface area contributed by atoms with Crippen molar-refractivity contribution in [1.82, 2.24) is 5.43 Å². The van der Waals surface area contributed by atoms with E-state index < -0.39 is 0 Å². The Hall–Kier alpha value is -0.500. The minimum absolute atomic E-state index is 0.995. The largest absolute Gasteiger partial charge is 0.329 e. The summed E-state index contributed by atoms with van der Waals surface area (Å²) in [4.78, 5) is 0. The van der Waals surface area contributed by atoms with Crippen LogP contribution < -0.4 is 11.3 Å². The standard InChI is InChI=1S/C4H10N2/c1-3-4(2)6-5/h3,6H,5H2,1-2H3/b4-3-. The number of rotatable bonds is 1. The summed E-state index contributed by atoms with van der Waals surface area (Å²) >= 11 is 0. The van der Waals surface area contributed by atoms with E-state index in [1.165, 1.54) is 0 Å². The lowest BCUT2D eigenvalue weighted by molar-refractivity contribution is 0.883. The van der Waals surface area contributed by atoms with Crippen LogP contribution in [0, 0.1) is 0 Å². The van der Waals surface area contributed by atoms with E-state index in [4.69, 9.17) is 5.84 Å². The van der Waals surface area contributed by atoms with Gasteiger partial charge in [0.1, 0.15) is 0 Å². The number of hydrogen-bond donors (Lipinski definition) is 2. The summed E-state index contributed by atoms with van der Waals surface area (Å²) in [5.41, 5.74) is 3.47. The Morgan fingerprint density at radius 1 is 1.83 bits per heavy atom. The van der Waals surface area contributed by atoms with Crippen molar-refractivity contribution in [2.75, 3.05) is 0 Å². The zero-order valence-corrected chi connectivity index (χ0v) is 4.15. The third-order valence-electron chi connectivity index (χ3n) is 0.661. The molecule has 0 aliphatic carbocycles. The molecule has 36 valence electrons. The molecule has 0 aliphatic rings. The minimum Gasteiger partial charge on any atom is -0.329 e. The van der Waals surface area contributed by atoms with Gasteiger partial charge in [0.2, 0.25) is 0 Å². The van der Waals surface area contributed by atoms with Crippen molar-refractivity contribution in [1.29, 1.82) is 0 Å². The molecule has 0 aromatic rings. The van der Waals surface area contributed by atoms with Crippen LogP contribution in [0.5, 0.6) is 0 Å². The van der Waals surface area contributed by atoms with E-state index in [2.05, 4.69) is 5.43 Å². The lowest BCUT2D eigenvalue weighted by Crippen LogP contribution is -2.18. The average Bonchev–Trinajstić information content (AvgIpc) is 1.65. The van der Waals surface area contributed by atoms with E-state index in [0.717, 1.165) is 5.70 Å². The average molecular weight is 86.1 g/mol. The van der Waals surface area contributed by atoms with Crippen molar-refractivity contribution >= 4 is 0 Å². The maximum Gasteiger partial charge on any atom is 0.0185 e. The highest BCUT2D eigenvalue weighted by atomic mass is 15.2. The van der Waals surface area contributed by atoms with E-state index in [1.54, 1.807) is 0 Å². The highest BCUT2D eigenvalue weighted by Crippen LogP contribution is 1.76. The molecule has 0 heterocycles. The lowest BCUT2D eigenvalue weighted by Gasteiger charge is -1.91. The molecule has 0 spiro atoms. The van der Waals surface area contributed by atoms with E-state index in [1.807, 2.05) is 19.9 Å². The molecule has 0 rings (SSSR count). The smallest absolute Gasteiger partial charge is 0.0185 e. The molecule has 0 amide bonds. The second-order valence-electron chi connectivity index (χ2n) is 1.12. The van der Waals surface area contributed by atoms with Crippen LogP contribution in [-0.2, 0) is 0 Å². The second kappa shape index (κ2) is 2.72. The fourth-order valence-corrected chi connectivity index (χ4v) is 0.0833. The van der Waals surface area contributed by atoms with Crippen LogP contribution in [-0.4, -0.2) is 0 Å². The summed E-state index contributed by atoms with van der Waals surface area (Å²) < 4.78 is 0. The second-order valence-corrected chi connectivity index (χ2v) is 1.12. The predicted octanol–water partition coefficient (Wildman–Crippen LogP) is 0.373. The molecule has 2 nitrogen and oxygen atoms in total. The molecule has 6 heavy (non-hydrogen) atoms. The predicted molar refractivity (Wildman–Crippen MR) is 26.8 cm³/mol. The molecule has 0 saturated carbocycles. The van der Waals surface area contributed by atoms with Crippen molar-refractivity contribution in [2.45, 2.75) is 13.8 Å². The molecular formula is C4H10N2. The van der Waals surface area contributed by atoms with Crippen LogP contribution in [0.25, 0.3) is 0 Å². The third kappa shape index (κ3) is 1.79. The Morgan fingerprint density at radius 3 is 2.33 bits per heavy atom. The van der Waals surface area contributed by atoms with Crippen LogP contribution in [0.1, 0.15) is 13.8 Å². The van der Waals surface area contributed by atoms with Crippen molar-refractivity contribution in [2.24, 2.45) is 5.84 Å². The summed E-state index contributed by atoms with van der Waals surface area (Å²) in [6.45, 7) is 3.83. The molecule has 0 bridgehead atoms. The Labute approximate surface area is 38.0 Å². The van der Waals surface area contributed by atoms with E-state index >= 15 is 0 Å². The van der Waals surface area contributed by atoms with Gasteiger partial charge in [-0.25, -0.2) is 0 Å². The van der Waals surface area contributed by atoms with Crippen LogP contribution in [0.2, 0.25) is 0 Å². The maximum absolute atomic E-state index is 4.96. The number of nitrogens with two attached hydrogens (primary N) is 1. The Kier molecular flexibility index (Phi) is 2.50. The van der Waals surface area contributed by atoms with Crippen molar-refractivity contribution in [3.05, 3.63) is 11.8 Å². The molecule has 0 unspecified atom stereocenters. The van der Waals surface area contributed by atoms with Gasteiger partial charge in [-0.3, -0.25) is 5.84 Å². The number of hydrazine groups is 1. The minimum atomic E-state index is 0.995. The third-order valence-corrected chi connectivity index (χ3v) is 0.661. The maximum atomic E-state index is 4.96. The molecule has 0 aliphatic heterocycles. The van der Waals surface area contributed by atoms with Crippen LogP contribution in [0.3, 0.4) is 0 Å². The highest BCUT2D eigenvalue weighted by Gasteiger charge is 1.69. The van der Waals surface area contributed by atoms with E-state index in [9.17, 15) is 0 Å². The van der Waals surface area contributed by atoms with Crippen molar-refractivity contribution in [3.8, 4) is 0 Å². The summed E-state index contributed by atoms with van der Waals surface area (Å²) in [5, 5.41) is 0. The number of hydrogen-bond acceptors (Lipinski definition) is 2. The van der Waals surface area contributed by atoms with Gasteiger partial charge in [-0.15, -0.1) is 0 Å². The molecule has 3 N–H and O–H groups in total. The Balaban J connectivity index is 3.22. The fraction of sp³-hybridized carbons (Fsp3) is 0.500. The van der Waals surface area contributed by atoms with Gasteiger partial charge in [-0.05, 0) is 13.8 Å². The van der Waals surface area contributed by atoms with Gasteiger partial charge in [0.15, 0.2) is 0 Å². The first kappa shape index (κ1) is 5.50. The molecule has 0 atom stereocenters. The first-order valence-corrected chi connectivity index (χ1v) is 1.90. The van der Waals surface area contributed by atoms with Crippen LogP contribution in [0.4, 0.5) is 0 Å². The van der Waals surface area contributed by atoms with Gasteiger partial charge < -0.3 is 5.43 Å². The first-order valence-electron chi connectivity index (χ1n) is 1.90. The molecule has 0 radical (unpaired) electrons. The van der Waals surface area contributed by atoms with Gasteiger partial charge in [0.25, 0.3) is 0 Å². The summed E-state index contributed by atoms with van der Waals surface area (Å²) in [6.07, 6.45) is 1.90. The summed E-state index contributed by atoms with van der Waals surface area (Å²) in [6, 6.07) is 0. The Morgan fingerprint density at radius 2 is 2.33 bits per heavy atom. The van der Waals surface area contributed by atoms with Gasteiger partial charge in [-0.2, -0.15) is 0 Å². The van der Waals surface area contributed by atoms with Crippen molar-refractivity contribution < 1.29 is 0 Å². The number of nitrogens with one attached hydrogen (secondary N) is 1. The topological polar surface area (TPSA) is 38.0 Å². The SMILES string of the molecule is C/C=C(/C)NN. The van der Waals surface area contributed by atoms with Gasteiger partial charge in [0.05, 0.1) is 0 Å². The zero-order valence-electron chi connectivity index (χ0n) is 4.15. The van der Waals surface area contributed by atoms with Gasteiger partial charge in [0, 0.05) is 5.70 Å². The van der Waals surface area contributed by atoms with E-state index in [0.29, 0.717) is 0 Å². The molecule has 0 fully saturated rings. The number of allylic oxidation sites excluding steroid dienone is 2. The molecule has 0 aromatic heterocycles. The van der Waals surface area contributed by atoms with Crippen LogP contribution in [0.15, 0.2) is 11.8 Å². The van der Waals surface area contributed by atoms with E-state index in [-0.39, 0.29) is 0 Å². The summed E-state index contributed by atoms with van der Waals surface area (Å²) in [5.74, 6) is 4.96. The Bertz CT molecular complexity index is 56.6. The fourth-order valence-electron chi connectivity index (χ4n) is 0.0833.